The van der Waals surface area contributed by atoms with Gasteiger partial charge in [-0.3, -0.25) is 19.4 Å². The van der Waals surface area contributed by atoms with Crippen LogP contribution < -0.4 is 9.57 Å². The number of pyridine rings is 1. The molecule has 11 nitrogen and oxygen atoms in total. The normalized spacial score (nSPS) is 19.5. The number of carbonyl (C=O) groups is 4. The zero-order valence-electron chi connectivity index (χ0n) is 22.9. The Morgan fingerprint density at radius 1 is 1.07 bits per heavy atom. The first kappa shape index (κ1) is 29.3. The first-order valence-corrected chi connectivity index (χ1v) is 14.1. The van der Waals surface area contributed by atoms with Crippen molar-refractivity contribution in [2.75, 3.05) is 32.1 Å². The number of benzene rings is 1. The van der Waals surface area contributed by atoms with Crippen molar-refractivity contribution < 1.29 is 33.5 Å². The summed E-state index contributed by atoms with van der Waals surface area (Å²) in [4.78, 5) is 62.0. The summed E-state index contributed by atoms with van der Waals surface area (Å²) in [6.45, 7) is 7.63. The molecule has 0 bridgehead atoms. The fraction of sp³-hybridized carbons (Fsp3) is 0.464. The zero-order chi connectivity index (χ0) is 28.7. The van der Waals surface area contributed by atoms with Crippen LogP contribution in [-0.4, -0.2) is 93.1 Å². The molecule has 0 aliphatic carbocycles. The Balaban J connectivity index is 1.34. The Labute approximate surface area is 237 Å². The smallest absolute Gasteiger partial charge is 0.415 e. The summed E-state index contributed by atoms with van der Waals surface area (Å²) in [5, 5.41) is 1.66. The fourth-order valence-electron chi connectivity index (χ4n) is 4.80. The number of ether oxygens (including phenoxy) is 2. The molecule has 2 aliphatic rings. The highest BCUT2D eigenvalue weighted by molar-refractivity contribution is 8.00. The zero-order valence-corrected chi connectivity index (χ0v) is 23.7. The first-order chi connectivity index (χ1) is 19.2. The lowest BCUT2D eigenvalue weighted by Gasteiger charge is -2.33. The second-order valence-electron chi connectivity index (χ2n) is 10.2. The van der Waals surface area contributed by atoms with Gasteiger partial charge in [-0.2, -0.15) is 0 Å². The molecule has 12 heteroatoms. The Morgan fingerprint density at radius 3 is 2.40 bits per heavy atom. The van der Waals surface area contributed by atoms with Crippen LogP contribution in [0, 0.1) is 0 Å². The fourth-order valence-corrected chi connectivity index (χ4v) is 5.87. The van der Waals surface area contributed by atoms with Gasteiger partial charge >= 0.3 is 6.09 Å². The molecule has 2 amide bonds. The van der Waals surface area contributed by atoms with Crippen molar-refractivity contribution in [3.63, 3.8) is 0 Å². The number of aromatic nitrogens is 1. The Morgan fingerprint density at radius 2 is 1.77 bits per heavy atom. The topological polar surface area (TPSA) is 119 Å². The van der Waals surface area contributed by atoms with Crippen LogP contribution in [0.15, 0.2) is 48.8 Å². The van der Waals surface area contributed by atoms with Gasteiger partial charge in [0.15, 0.2) is 11.5 Å². The summed E-state index contributed by atoms with van der Waals surface area (Å²) in [6.07, 6.45) is 2.43. The van der Waals surface area contributed by atoms with Gasteiger partial charge in [-0.05, 0) is 43.7 Å². The maximum Gasteiger partial charge on any atom is 0.415 e. The lowest BCUT2D eigenvalue weighted by Crippen LogP contribution is -2.50. The third kappa shape index (κ3) is 7.51. The third-order valence-corrected chi connectivity index (χ3v) is 8.28. The van der Waals surface area contributed by atoms with Crippen molar-refractivity contribution in [3.05, 3.63) is 54.4 Å². The Bertz CT molecular complexity index is 1190. The van der Waals surface area contributed by atoms with Gasteiger partial charge in [-0.25, -0.2) is 4.79 Å². The third-order valence-electron chi connectivity index (χ3n) is 6.92. The van der Waals surface area contributed by atoms with E-state index < -0.39 is 23.0 Å². The van der Waals surface area contributed by atoms with Crippen LogP contribution in [0.25, 0.3) is 0 Å². The van der Waals surface area contributed by atoms with Crippen molar-refractivity contribution in [1.29, 1.82) is 0 Å². The van der Waals surface area contributed by atoms with E-state index in [-0.39, 0.29) is 18.1 Å². The minimum absolute atomic E-state index is 0.0107. The minimum Gasteiger partial charge on any atom is -0.464 e. The summed E-state index contributed by atoms with van der Waals surface area (Å²) >= 11 is 1.61. The first-order valence-electron chi connectivity index (χ1n) is 13.1. The highest BCUT2D eigenvalue weighted by atomic mass is 32.2. The number of carbonyl (C=O) groups excluding carboxylic acids is 4. The van der Waals surface area contributed by atoms with E-state index in [2.05, 4.69) is 4.98 Å². The number of amides is 2. The predicted octanol–water partition coefficient (Wildman–Crippen LogP) is 2.94. The molecule has 4 rings (SSSR count). The Hall–Kier alpha value is -3.64. The minimum atomic E-state index is -0.669. The number of rotatable bonds is 10. The van der Waals surface area contributed by atoms with E-state index in [1.165, 1.54) is 6.92 Å². The molecule has 40 heavy (non-hydrogen) atoms. The molecular formula is C28H34N4O7S. The molecule has 2 saturated heterocycles. The van der Waals surface area contributed by atoms with E-state index in [9.17, 15) is 19.2 Å². The molecule has 1 aromatic carbocycles. The Kier molecular flexibility index (Phi) is 9.64. The largest absolute Gasteiger partial charge is 0.464 e. The van der Waals surface area contributed by atoms with Crippen LogP contribution in [0.4, 0.5) is 4.79 Å². The van der Waals surface area contributed by atoms with Crippen LogP contribution in [0.1, 0.15) is 32.8 Å². The second kappa shape index (κ2) is 13.1. The number of nitrogens with zero attached hydrogens (tertiary/aromatic N) is 4. The van der Waals surface area contributed by atoms with Crippen LogP contribution in [0.3, 0.4) is 0 Å². The van der Waals surface area contributed by atoms with E-state index in [4.69, 9.17) is 14.3 Å². The van der Waals surface area contributed by atoms with Crippen LogP contribution >= 0.6 is 11.8 Å². The van der Waals surface area contributed by atoms with Crippen LogP contribution in [-0.2, 0) is 25.5 Å². The molecule has 0 N–H and O–H groups in total. The number of hydroxylamine groups is 2. The summed E-state index contributed by atoms with van der Waals surface area (Å²) < 4.78 is 10.4. The molecule has 214 valence electrons. The van der Waals surface area contributed by atoms with E-state index in [0.29, 0.717) is 56.4 Å². The van der Waals surface area contributed by atoms with Gasteiger partial charge in [0.25, 0.3) is 6.47 Å². The highest BCUT2D eigenvalue weighted by Gasteiger charge is 2.47. The van der Waals surface area contributed by atoms with Gasteiger partial charge in [-0.15, -0.1) is 16.8 Å². The van der Waals surface area contributed by atoms with Crippen LogP contribution in [0.2, 0.25) is 0 Å². The molecule has 0 spiro atoms. The number of hydrogen-bond donors (Lipinski definition) is 0. The summed E-state index contributed by atoms with van der Waals surface area (Å²) in [7, 11) is 0. The van der Waals surface area contributed by atoms with Crippen molar-refractivity contribution >= 4 is 36.0 Å². The molecule has 0 saturated carbocycles. The summed E-state index contributed by atoms with van der Waals surface area (Å²) in [5.74, 6) is 1.31. The van der Waals surface area contributed by atoms with Gasteiger partial charge in [0.05, 0.1) is 12.1 Å². The number of ketones is 1. The number of Topliss-reactive ketones (excluding diaryl/α,β-unsaturated/α-hetero) is 1. The molecular weight excluding hydrogens is 536 g/mol. The maximum absolute atomic E-state index is 13.5. The van der Waals surface area contributed by atoms with Crippen molar-refractivity contribution in [1.82, 2.24) is 19.8 Å². The van der Waals surface area contributed by atoms with Crippen molar-refractivity contribution in [2.24, 2.45) is 0 Å². The molecule has 0 radical (unpaired) electrons. The average molecular weight is 571 g/mol. The molecule has 1 aromatic heterocycles. The SMILES string of the molecule is CC(=O)N1CCN(C(=O)Oc2ccc(C[C@H](CC(=O)[C@H]3N(Oc4cccnc4)CSC3(C)C)OC=O)cc2)CC1. The lowest BCUT2D eigenvalue weighted by molar-refractivity contribution is -0.144. The molecule has 2 aliphatic heterocycles. The van der Waals surface area contributed by atoms with Crippen molar-refractivity contribution in [3.8, 4) is 11.5 Å². The predicted molar refractivity (Wildman–Crippen MR) is 148 cm³/mol. The average Bonchev–Trinajstić information content (AvgIpc) is 3.23. The molecule has 2 fully saturated rings. The van der Waals surface area contributed by atoms with E-state index in [1.807, 2.05) is 13.8 Å². The molecule has 2 atom stereocenters. The van der Waals surface area contributed by atoms with E-state index in [1.54, 1.807) is 75.4 Å². The van der Waals surface area contributed by atoms with E-state index >= 15 is 0 Å². The molecule has 0 unspecified atom stereocenters. The van der Waals surface area contributed by atoms with Gasteiger partial charge in [0.2, 0.25) is 5.91 Å². The lowest BCUT2D eigenvalue weighted by atomic mass is 9.93. The maximum atomic E-state index is 13.5. The second-order valence-corrected chi connectivity index (χ2v) is 11.8. The number of hydrogen-bond acceptors (Lipinski definition) is 10. The van der Waals surface area contributed by atoms with Crippen LogP contribution in [0.5, 0.6) is 11.5 Å². The monoisotopic (exact) mass is 570 g/mol. The number of piperazine rings is 1. The number of thioether (sulfide) groups is 1. The van der Waals surface area contributed by atoms with Gasteiger partial charge in [-0.1, -0.05) is 12.1 Å². The summed E-state index contributed by atoms with van der Waals surface area (Å²) in [6, 6.07) is 9.87. The molecule has 2 aromatic rings. The van der Waals surface area contributed by atoms with Crippen molar-refractivity contribution in [2.45, 2.75) is 50.5 Å². The van der Waals surface area contributed by atoms with Gasteiger partial charge < -0.3 is 24.1 Å². The quantitative estimate of drug-likeness (QED) is 0.395. The van der Waals surface area contributed by atoms with Gasteiger partial charge in [0, 0.05) is 56.9 Å². The van der Waals surface area contributed by atoms with E-state index in [0.717, 1.165) is 5.56 Å². The standard InChI is InChI=1S/C28H34N4O7S/c1-20(34)30-11-13-31(14-12-30)27(36)38-22-8-6-21(7-9-22)15-24(37-19-33)16-25(35)26-28(2,3)40-18-32(26)39-23-5-4-10-29-17-23/h4-10,17,19,24,26H,11-16,18H2,1-3H3/t24-,26-/m1/s1. The summed E-state index contributed by atoms with van der Waals surface area (Å²) in [5.41, 5.74) is 0.818. The molecule has 3 heterocycles. The van der Waals surface area contributed by atoms with Gasteiger partial charge in [0.1, 0.15) is 17.9 Å². The highest BCUT2D eigenvalue weighted by Crippen LogP contribution is 2.40.